The van der Waals surface area contributed by atoms with Crippen molar-refractivity contribution in [2.45, 2.75) is 96.9 Å². The summed E-state index contributed by atoms with van der Waals surface area (Å²) in [7, 11) is 0. The highest BCUT2D eigenvalue weighted by atomic mass is 16.6. The van der Waals surface area contributed by atoms with Crippen molar-refractivity contribution in [2.75, 3.05) is 54.9 Å². The van der Waals surface area contributed by atoms with Gasteiger partial charge in [0.05, 0.1) is 17.3 Å². The summed E-state index contributed by atoms with van der Waals surface area (Å²) in [6, 6.07) is 7.11. The van der Waals surface area contributed by atoms with Crippen molar-refractivity contribution in [1.82, 2.24) is 19.8 Å². The number of nitrogens with one attached hydrogen (secondary N) is 2. The van der Waals surface area contributed by atoms with E-state index in [4.69, 9.17) is 14.5 Å². The molecule has 4 heterocycles. The van der Waals surface area contributed by atoms with Gasteiger partial charge in [-0.05, 0) is 78.0 Å². The second-order valence-electron chi connectivity index (χ2n) is 14.5. The number of carbonyl (C=O) groups is 3. The van der Waals surface area contributed by atoms with Crippen molar-refractivity contribution < 1.29 is 23.9 Å². The molecule has 12 nitrogen and oxygen atoms in total. The van der Waals surface area contributed by atoms with Gasteiger partial charge in [0.1, 0.15) is 23.8 Å². The Balaban J connectivity index is 1.11. The molecule has 1 atom stereocenters. The lowest BCUT2D eigenvalue weighted by atomic mass is 10.00. The Morgan fingerprint density at radius 3 is 2.46 bits per heavy atom. The molecule has 0 bridgehead atoms. The number of ketones is 1. The number of aldehydes is 1. The van der Waals surface area contributed by atoms with Crippen LogP contribution in [0.25, 0.3) is 5.57 Å². The molecule has 48 heavy (non-hydrogen) atoms. The maximum atomic E-state index is 12.5. The van der Waals surface area contributed by atoms with Gasteiger partial charge in [0.15, 0.2) is 12.1 Å². The number of piperazine rings is 1. The van der Waals surface area contributed by atoms with Crippen LogP contribution in [0.1, 0.15) is 78.7 Å². The molecule has 0 radical (unpaired) electrons. The second kappa shape index (κ2) is 14.1. The molecule has 0 spiro atoms. The molecular weight excluding hydrogens is 610 g/mol. The van der Waals surface area contributed by atoms with Crippen molar-refractivity contribution in [3.63, 3.8) is 0 Å². The Morgan fingerprint density at radius 2 is 1.77 bits per heavy atom. The summed E-state index contributed by atoms with van der Waals surface area (Å²) in [5.41, 5.74) is 2.76. The number of ether oxygens (including phenoxy) is 2. The number of carbonyl (C=O) groups excluding carboxylic acids is 3. The number of anilines is 4. The predicted molar refractivity (Wildman–Crippen MR) is 186 cm³/mol. The fourth-order valence-electron chi connectivity index (χ4n) is 7.34. The normalized spacial score (nSPS) is 21.1. The third kappa shape index (κ3) is 7.59. The number of nitrogens with zero attached hydrogens (tertiary/aromatic N) is 5. The van der Waals surface area contributed by atoms with Gasteiger partial charge in [-0.15, -0.1) is 0 Å². The van der Waals surface area contributed by atoms with Gasteiger partial charge in [-0.3, -0.25) is 14.5 Å². The molecule has 3 fully saturated rings. The topological polar surface area (TPSA) is 129 Å². The van der Waals surface area contributed by atoms with Gasteiger partial charge in [-0.25, -0.2) is 9.78 Å². The highest BCUT2D eigenvalue weighted by molar-refractivity contribution is 6.17. The molecule has 2 N–H and O–H groups in total. The largest absolute Gasteiger partial charge is 0.489 e. The number of rotatable bonds is 8. The summed E-state index contributed by atoms with van der Waals surface area (Å²) < 4.78 is 11.9. The average Bonchev–Trinajstić information content (AvgIpc) is 3.57. The first-order valence-corrected chi connectivity index (χ1v) is 17.3. The van der Waals surface area contributed by atoms with E-state index in [1.54, 1.807) is 13.1 Å². The molecule has 3 aliphatic heterocycles. The first kappa shape index (κ1) is 33.7. The molecule has 1 saturated carbocycles. The van der Waals surface area contributed by atoms with Gasteiger partial charge in [-0.2, -0.15) is 4.98 Å². The molecule has 6 rings (SSSR count). The van der Waals surface area contributed by atoms with Crippen molar-refractivity contribution in [2.24, 2.45) is 0 Å². The van der Waals surface area contributed by atoms with Crippen LogP contribution in [-0.4, -0.2) is 101 Å². The van der Waals surface area contributed by atoms with E-state index in [9.17, 15) is 14.4 Å². The quantitative estimate of drug-likeness (QED) is 0.163. The standard InChI is InChI=1S/C36H49N7O5/c1-23(30(21-44)24(2)45)29-19-37-34(40-33(29)38-25-8-6-7-9-25)39-26-10-11-31-32(18-26)47-22-28-20-42(16-17-43(28)31)27-12-14-41(15-13-27)35(46)48-36(3,4)5/h10-11,18-19,21,25,27-28H,6-9,12-17,20,22H2,1-5H3,(H2,37,38,39,40)/b30-23+/t28-/m0/s1. The lowest BCUT2D eigenvalue weighted by Crippen LogP contribution is -2.60. The minimum Gasteiger partial charge on any atom is -0.489 e. The third-order valence-corrected chi connectivity index (χ3v) is 9.89. The smallest absolute Gasteiger partial charge is 0.410 e. The maximum absolute atomic E-state index is 12.5. The average molecular weight is 660 g/mol. The molecule has 1 aromatic heterocycles. The summed E-state index contributed by atoms with van der Waals surface area (Å²) in [5.74, 6) is 1.58. The zero-order valence-electron chi connectivity index (χ0n) is 28.9. The van der Waals surface area contributed by atoms with Crippen molar-refractivity contribution >= 4 is 46.9 Å². The van der Waals surface area contributed by atoms with Crippen molar-refractivity contribution in [3.05, 3.63) is 35.5 Å². The Kier molecular flexibility index (Phi) is 9.91. The number of aromatic nitrogens is 2. The van der Waals surface area contributed by atoms with E-state index >= 15 is 0 Å². The van der Waals surface area contributed by atoms with Gasteiger partial charge in [0.2, 0.25) is 5.95 Å². The van der Waals surface area contributed by atoms with Crippen LogP contribution < -0.4 is 20.3 Å². The van der Waals surface area contributed by atoms with Crippen LogP contribution >= 0.6 is 0 Å². The zero-order chi connectivity index (χ0) is 34.0. The third-order valence-electron chi connectivity index (χ3n) is 9.89. The SMILES string of the molecule is CC(=O)/C(C=O)=C(\C)c1cnc(Nc2ccc3c(c2)OC[C@@H]2CN(C4CCN(C(=O)OC(C)(C)C)CC4)CCN32)nc1NC1CCCC1. The highest BCUT2D eigenvalue weighted by Crippen LogP contribution is 2.39. The van der Waals surface area contributed by atoms with Gasteiger partial charge in [-0.1, -0.05) is 12.8 Å². The highest BCUT2D eigenvalue weighted by Gasteiger charge is 2.37. The number of benzene rings is 1. The van der Waals surface area contributed by atoms with E-state index in [2.05, 4.69) is 31.5 Å². The summed E-state index contributed by atoms with van der Waals surface area (Å²) in [6.07, 6.45) is 8.38. The van der Waals surface area contributed by atoms with Crippen molar-refractivity contribution in [1.29, 1.82) is 0 Å². The summed E-state index contributed by atoms with van der Waals surface area (Å²) in [4.78, 5) is 52.6. The molecule has 258 valence electrons. The Labute approximate surface area is 283 Å². The van der Waals surface area contributed by atoms with E-state index in [0.717, 1.165) is 88.4 Å². The summed E-state index contributed by atoms with van der Waals surface area (Å²) in [5, 5.41) is 6.89. The molecule has 1 aliphatic carbocycles. The minimum atomic E-state index is -0.481. The molecule has 2 saturated heterocycles. The first-order valence-electron chi connectivity index (χ1n) is 17.3. The van der Waals surface area contributed by atoms with Gasteiger partial charge in [0.25, 0.3) is 0 Å². The summed E-state index contributed by atoms with van der Waals surface area (Å²) >= 11 is 0. The predicted octanol–water partition coefficient (Wildman–Crippen LogP) is 5.42. The van der Waals surface area contributed by atoms with Crippen molar-refractivity contribution in [3.8, 4) is 5.75 Å². The molecule has 4 aliphatic rings. The number of Topliss-reactive ketones (excluding diaryl/α,β-unsaturated/α-hetero) is 1. The fourth-order valence-corrected chi connectivity index (χ4v) is 7.34. The van der Waals surface area contributed by atoms with E-state index in [-0.39, 0.29) is 29.5 Å². The van der Waals surface area contributed by atoms with E-state index in [1.807, 2.05) is 37.8 Å². The molecule has 0 unspecified atom stereocenters. The number of fused-ring (bicyclic) bond motifs is 3. The Morgan fingerprint density at radius 1 is 1.02 bits per heavy atom. The first-order chi connectivity index (χ1) is 23.0. The molecular formula is C36H49N7O5. The minimum absolute atomic E-state index is 0.128. The van der Waals surface area contributed by atoms with Crippen LogP contribution in [0.3, 0.4) is 0 Å². The van der Waals surface area contributed by atoms with Gasteiger partial charge < -0.3 is 29.9 Å². The number of hydrogen-bond acceptors (Lipinski definition) is 11. The lowest BCUT2D eigenvalue weighted by Gasteiger charge is -2.49. The Bertz CT molecular complexity index is 1560. The zero-order valence-corrected chi connectivity index (χ0v) is 28.9. The monoisotopic (exact) mass is 659 g/mol. The molecule has 1 aromatic carbocycles. The van der Waals surface area contributed by atoms with Crippen LogP contribution in [0.4, 0.5) is 27.9 Å². The van der Waals surface area contributed by atoms with Gasteiger partial charge >= 0.3 is 6.09 Å². The van der Waals surface area contributed by atoms with Crippen LogP contribution in [0.15, 0.2) is 30.0 Å². The number of amides is 1. The number of piperidine rings is 1. The van der Waals surface area contributed by atoms with Crippen LogP contribution in [0.5, 0.6) is 5.75 Å². The second-order valence-corrected chi connectivity index (χ2v) is 14.5. The van der Waals surface area contributed by atoms with Crippen LogP contribution in [0, 0.1) is 0 Å². The van der Waals surface area contributed by atoms with Crippen LogP contribution in [-0.2, 0) is 14.3 Å². The van der Waals surface area contributed by atoms with Crippen LogP contribution in [0.2, 0.25) is 0 Å². The molecule has 2 aromatic rings. The number of hydrogen-bond donors (Lipinski definition) is 2. The molecule has 1 amide bonds. The maximum Gasteiger partial charge on any atom is 0.410 e. The lowest BCUT2D eigenvalue weighted by molar-refractivity contribution is -0.115. The molecule has 12 heteroatoms. The van der Waals surface area contributed by atoms with E-state index < -0.39 is 5.60 Å². The van der Waals surface area contributed by atoms with Gasteiger partial charge in [0, 0.05) is 68.3 Å². The number of allylic oxidation sites excluding steroid dienone is 2. The number of likely N-dealkylation sites (tertiary alicyclic amines) is 1. The van der Waals surface area contributed by atoms with E-state index in [1.165, 1.54) is 6.92 Å². The summed E-state index contributed by atoms with van der Waals surface area (Å²) in [6.45, 7) is 13.7. The Hall–Kier alpha value is -4.19. The van der Waals surface area contributed by atoms with E-state index in [0.29, 0.717) is 41.8 Å². The fraction of sp³-hybridized carbons (Fsp3) is 0.583.